The smallest absolute Gasteiger partial charge is 0.127 e. The van der Waals surface area contributed by atoms with Gasteiger partial charge < -0.3 is 15.2 Å². The van der Waals surface area contributed by atoms with Gasteiger partial charge in [-0.2, -0.15) is 0 Å². The summed E-state index contributed by atoms with van der Waals surface area (Å²) in [6.45, 7) is 7.26. The molecule has 2 aromatic rings. The molecule has 0 bridgehead atoms. The Hall–Kier alpha value is -1.84. The number of nitrogens with one attached hydrogen (secondary N) is 1. The third kappa shape index (κ3) is 4.59. The molecule has 0 atom stereocenters. The third-order valence-electron chi connectivity index (χ3n) is 3.33. The van der Waals surface area contributed by atoms with E-state index in [2.05, 4.69) is 32.2 Å². The van der Waals surface area contributed by atoms with Crippen LogP contribution >= 0.6 is 0 Å². The molecule has 0 unspecified atom stereocenters. The Balaban J connectivity index is 2.09. The van der Waals surface area contributed by atoms with Crippen molar-refractivity contribution in [3.8, 4) is 11.5 Å². The van der Waals surface area contributed by atoms with Crippen molar-refractivity contribution in [3.05, 3.63) is 59.2 Å². The maximum absolute atomic E-state index is 9.15. The summed E-state index contributed by atoms with van der Waals surface area (Å²) in [4.78, 5) is 0. The van der Waals surface area contributed by atoms with Gasteiger partial charge in [0, 0.05) is 12.6 Å². The van der Waals surface area contributed by atoms with Crippen LogP contribution in [0.3, 0.4) is 0 Å². The number of aliphatic hydroxyl groups is 1. The summed E-state index contributed by atoms with van der Waals surface area (Å²) >= 11 is 0. The van der Waals surface area contributed by atoms with Crippen molar-refractivity contribution in [2.24, 2.45) is 0 Å². The molecule has 0 amide bonds. The zero-order chi connectivity index (χ0) is 15.2. The van der Waals surface area contributed by atoms with Crippen LogP contribution < -0.4 is 10.1 Å². The molecule has 0 aliphatic heterocycles. The molecule has 0 fully saturated rings. The van der Waals surface area contributed by atoms with Crippen LogP contribution in [-0.2, 0) is 13.2 Å². The molecule has 0 aliphatic carbocycles. The maximum atomic E-state index is 9.15. The Labute approximate surface area is 126 Å². The predicted octanol–water partition coefficient (Wildman–Crippen LogP) is 3.78. The first kappa shape index (κ1) is 15.5. The number of benzene rings is 2. The lowest BCUT2D eigenvalue weighted by molar-refractivity contribution is 0.281. The second-order valence-electron chi connectivity index (χ2n) is 5.53. The van der Waals surface area contributed by atoms with Crippen molar-refractivity contribution in [3.63, 3.8) is 0 Å². The Morgan fingerprint density at radius 3 is 2.52 bits per heavy atom. The van der Waals surface area contributed by atoms with Gasteiger partial charge in [0.1, 0.15) is 11.5 Å². The SMILES string of the molecule is Cc1cc(Oc2cccc(CO)c2)ccc1CNC(C)C. The van der Waals surface area contributed by atoms with Gasteiger partial charge >= 0.3 is 0 Å². The Bertz CT molecular complexity index is 594. The summed E-state index contributed by atoms with van der Waals surface area (Å²) in [7, 11) is 0. The lowest BCUT2D eigenvalue weighted by Gasteiger charge is -2.12. The van der Waals surface area contributed by atoms with Gasteiger partial charge in [0.05, 0.1) is 6.61 Å². The monoisotopic (exact) mass is 285 g/mol. The lowest BCUT2D eigenvalue weighted by Crippen LogP contribution is -2.22. The summed E-state index contributed by atoms with van der Waals surface area (Å²) in [6, 6.07) is 14.1. The first-order chi connectivity index (χ1) is 10.1. The van der Waals surface area contributed by atoms with Crippen LogP contribution in [0.15, 0.2) is 42.5 Å². The minimum absolute atomic E-state index is 0.0238. The van der Waals surface area contributed by atoms with E-state index in [1.165, 1.54) is 11.1 Å². The van der Waals surface area contributed by atoms with Crippen LogP contribution in [0, 0.1) is 6.92 Å². The lowest BCUT2D eigenvalue weighted by atomic mass is 10.1. The average Bonchev–Trinajstić information content (AvgIpc) is 2.46. The van der Waals surface area contributed by atoms with E-state index in [9.17, 15) is 0 Å². The van der Waals surface area contributed by atoms with Gasteiger partial charge in [0.25, 0.3) is 0 Å². The van der Waals surface area contributed by atoms with Crippen molar-refractivity contribution in [1.29, 1.82) is 0 Å². The van der Waals surface area contributed by atoms with Crippen molar-refractivity contribution < 1.29 is 9.84 Å². The fourth-order valence-corrected chi connectivity index (χ4v) is 2.09. The highest BCUT2D eigenvalue weighted by molar-refractivity contribution is 5.38. The molecule has 0 saturated carbocycles. The second kappa shape index (κ2) is 7.25. The summed E-state index contributed by atoms with van der Waals surface area (Å²) in [5, 5.41) is 12.6. The maximum Gasteiger partial charge on any atom is 0.127 e. The Morgan fingerprint density at radius 2 is 1.86 bits per heavy atom. The van der Waals surface area contributed by atoms with E-state index in [4.69, 9.17) is 9.84 Å². The first-order valence-corrected chi connectivity index (χ1v) is 7.29. The van der Waals surface area contributed by atoms with Crippen molar-refractivity contribution in [2.75, 3.05) is 0 Å². The topological polar surface area (TPSA) is 41.5 Å². The van der Waals surface area contributed by atoms with E-state index in [0.717, 1.165) is 23.6 Å². The molecule has 2 rings (SSSR count). The molecule has 3 nitrogen and oxygen atoms in total. The van der Waals surface area contributed by atoms with E-state index in [0.29, 0.717) is 6.04 Å². The van der Waals surface area contributed by atoms with Gasteiger partial charge in [0.2, 0.25) is 0 Å². The molecule has 0 heterocycles. The van der Waals surface area contributed by atoms with Gasteiger partial charge in [-0.05, 0) is 47.9 Å². The van der Waals surface area contributed by atoms with Gasteiger partial charge in [-0.1, -0.05) is 32.0 Å². The number of ether oxygens (including phenoxy) is 1. The van der Waals surface area contributed by atoms with Crippen LogP contribution in [0.1, 0.15) is 30.5 Å². The fraction of sp³-hybridized carbons (Fsp3) is 0.333. The highest BCUT2D eigenvalue weighted by Crippen LogP contribution is 2.24. The Morgan fingerprint density at radius 1 is 1.10 bits per heavy atom. The van der Waals surface area contributed by atoms with E-state index in [-0.39, 0.29) is 6.61 Å². The minimum Gasteiger partial charge on any atom is -0.457 e. The zero-order valence-corrected chi connectivity index (χ0v) is 12.9. The molecule has 0 saturated heterocycles. The predicted molar refractivity (Wildman–Crippen MR) is 85.6 cm³/mol. The van der Waals surface area contributed by atoms with E-state index >= 15 is 0 Å². The molecule has 112 valence electrons. The summed E-state index contributed by atoms with van der Waals surface area (Å²) in [6.07, 6.45) is 0. The molecular weight excluding hydrogens is 262 g/mol. The highest BCUT2D eigenvalue weighted by Gasteiger charge is 2.04. The normalized spacial score (nSPS) is 10.9. The van der Waals surface area contributed by atoms with Crippen molar-refractivity contribution >= 4 is 0 Å². The van der Waals surface area contributed by atoms with Crippen LogP contribution in [0.4, 0.5) is 0 Å². The molecule has 2 N–H and O–H groups in total. The highest BCUT2D eigenvalue weighted by atomic mass is 16.5. The number of rotatable bonds is 6. The van der Waals surface area contributed by atoms with Crippen LogP contribution in [0.5, 0.6) is 11.5 Å². The van der Waals surface area contributed by atoms with E-state index < -0.39 is 0 Å². The number of aliphatic hydroxyl groups excluding tert-OH is 1. The minimum atomic E-state index is 0.0238. The van der Waals surface area contributed by atoms with Crippen molar-refractivity contribution in [1.82, 2.24) is 5.32 Å². The molecule has 0 aromatic heterocycles. The van der Waals surface area contributed by atoms with Gasteiger partial charge in [-0.3, -0.25) is 0 Å². The van der Waals surface area contributed by atoms with Gasteiger partial charge in [-0.15, -0.1) is 0 Å². The fourth-order valence-electron chi connectivity index (χ4n) is 2.09. The standard InChI is InChI=1S/C18H23NO2/c1-13(2)19-11-16-7-8-18(9-14(16)3)21-17-6-4-5-15(10-17)12-20/h4-10,13,19-20H,11-12H2,1-3H3. The van der Waals surface area contributed by atoms with Crippen LogP contribution in [0.25, 0.3) is 0 Å². The molecule has 0 aliphatic rings. The quantitative estimate of drug-likeness (QED) is 0.848. The van der Waals surface area contributed by atoms with Crippen LogP contribution in [-0.4, -0.2) is 11.1 Å². The summed E-state index contributed by atoms with van der Waals surface area (Å²) in [5.74, 6) is 1.56. The van der Waals surface area contributed by atoms with Gasteiger partial charge in [0.15, 0.2) is 0 Å². The number of hydrogen-bond donors (Lipinski definition) is 2. The third-order valence-corrected chi connectivity index (χ3v) is 3.33. The van der Waals surface area contributed by atoms with Crippen LogP contribution in [0.2, 0.25) is 0 Å². The number of hydrogen-bond acceptors (Lipinski definition) is 3. The Kier molecular flexibility index (Phi) is 5.37. The largest absolute Gasteiger partial charge is 0.457 e. The first-order valence-electron chi connectivity index (χ1n) is 7.29. The molecule has 2 aromatic carbocycles. The van der Waals surface area contributed by atoms with Crippen molar-refractivity contribution in [2.45, 2.75) is 40.0 Å². The average molecular weight is 285 g/mol. The molecule has 21 heavy (non-hydrogen) atoms. The van der Waals surface area contributed by atoms with E-state index in [1.54, 1.807) is 0 Å². The second-order valence-corrected chi connectivity index (χ2v) is 5.53. The summed E-state index contributed by atoms with van der Waals surface area (Å²) < 4.78 is 5.85. The molecule has 3 heteroatoms. The zero-order valence-electron chi connectivity index (χ0n) is 12.9. The number of aryl methyl sites for hydroxylation is 1. The summed E-state index contributed by atoms with van der Waals surface area (Å²) in [5.41, 5.74) is 3.33. The molecule has 0 radical (unpaired) electrons. The molecule has 0 spiro atoms. The molecular formula is C18H23NO2. The van der Waals surface area contributed by atoms with Gasteiger partial charge in [-0.25, -0.2) is 0 Å². The van der Waals surface area contributed by atoms with E-state index in [1.807, 2.05) is 36.4 Å².